The van der Waals surface area contributed by atoms with Gasteiger partial charge >= 0.3 is 23.9 Å². The van der Waals surface area contributed by atoms with Crippen LogP contribution in [0.15, 0.2) is 73.8 Å². The Hall–Kier alpha value is -4.44. The van der Waals surface area contributed by atoms with Crippen molar-refractivity contribution in [2.75, 3.05) is 26.4 Å². The Labute approximate surface area is 347 Å². The van der Waals surface area contributed by atoms with Gasteiger partial charge in [0.25, 0.3) is 0 Å². The molecule has 0 aliphatic heterocycles. The molecule has 3 rings (SSSR count). The van der Waals surface area contributed by atoms with E-state index in [0.717, 1.165) is 83.7 Å². The van der Waals surface area contributed by atoms with Crippen LogP contribution < -0.4 is 14.2 Å². The summed E-state index contributed by atoms with van der Waals surface area (Å²) < 4.78 is 33.2. The monoisotopic (exact) mass is 804 g/mol. The molecule has 0 atom stereocenters. The second kappa shape index (κ2) is 30.6. The first kappa shape index (κ1) is 47.9. The lowest BCUT2D eigenvalue weighted by Gasteiger charge is -2.27. The standard InChI is InChI=1S/C48H68O10/c1-3-45(49)55-37-21-17-13-9-5-7-11-15-19-35-53-41-27-23-39(24-28-41)47(51)57-43-31-33-44(34-32-43)58-48(52)40-25-29-42(30-26-40)54-36-20-16-12-8-6-10-14-18-22-38-56-46(50)4-2/h3-4,23-24,27-28,31-34,40,42H,1-2,5-22,25-26,29-30,35-38H2. The molecule has 1 aliphatic carbocycles. The normalized spacial score (nSPS) is 14.9. The Morgan fingerprint density at radius 3 is 1.34 bits per heavy atom. The van der Waals surface area contributed by atoms with E-state index in [1.54, 1.807) is 48.5 Å². The Morgan fingerprint density at radius 2 is 0.879 bits per heavy atom. The van der Waals surface area contributed by atoms with Crippen LogP contribution in [0.2, 0.25) is 0 Å². The zero-order valence-electron chi connectivity index (χ0n) is 34.8. The van der Waals surface area contributed by atoms with Gasteiger partial charge in [-0.3, -0.25) is 4.79 Å². The Morgan fingerprint density at radius 1 is 0.483 bits per heavy atom. The number of carbonyl (C=O) groups is 4. The van der Waals surface area contributed by atoms with Crippen molar-refractivity contribution in [3.8, 4) is 17.2 Å². The lowest BCUT2D eigenvalue weighted by Crippen LogP contribution is -2.29. The fourth-order valence-corrected chi connectivity index (χ4v) is 6.88. The van der Waals surface area contributed by atoms with Crippen LogP contribution in [0.5, 0.6) is 17.2 Å². The van der Waals surface area contributed by atoms with Crippen molar-refractivity contribution < 1.29 is 47.6 Å². The first-order valence-corrected chi connectivity index (χ1v) is 21.8. The van der Waals surface area contributed by atoms with Gasteiger partial charge in [-0.2, -0.15) is 0 Å². The third-order valence-electron chi connectivity index (χ3n) is 10.4. The molecule has 320 valence electrons. The van der Waals surface area contributed by atoms with Gasteiger partial charge in [-0.1, -0.05) is 103 Å². The molecule has 0 spiro atoms. The van der Waals surface area contributed by atoms with Gasteiger partial charge in [-0.15, -0.1) is 0 Å². The van der Waals surface area contributed by atoms with Crippen molar-refractivity contribution in [1.29, 1.82) is 0 Å². The van der Waals surface area contributed by atoms with Gasteiger partial charge in [0.05, 0.1) is 37.4 Å². The van der Waals surface area contributed by atoms with E-state index >= 15 is 0 Å². The fourth-order valence-electron chi connectivity index (χ4n) is 6.88. The smallest absolute Gasteiger partial charge is 0.343 e. The van der Waals surface area contributed by atoms with Gasteiger partial charge in [0.2, 0.25) is 0 Å². The first-order valence-electron chi connectivity index (χ1n) is 21.8. The fraction of sp³-hybridized carbons (Fsp3) is 0.583. The molecule has 58 heavy (non-hydrogen) atoms. The third kappa shape index (κ3) is 21.9. The van der Waals surface area contributed by atoms with Gasteiger partial charge in [0.1, 0.15) is 17.2 Å². The zero-order valence-corrected chi connectivity index (χ0v) is 34.8. The molecule has 0 amide bonds. The van der Waals surface area contributed by atoms with E-state index in [9.17, 15) is 19.2 Å². The molecular formula is C48H68O10. The average Bonchev–Trinajstić information content (AvgIpc) is 3.24. The Balaban J connectivity index is 1.17. The second-order valence-electron chi connectivity index (χ2n) is 15.1. The number of esters is 4. The van der Waals surface area contributed by atoms with Crippen molar-refractivity contribution >= 4 is 23.9 Å². The molecule has 0 N–H and O–H groups in total. The largest absolute Gasteiger partial charge is 0.494 e. The SMILES string of the molecule is C=CC(=O)OCCCCCCCCCCCOc1ccc(C(=O)Oc2ccc(OC(=O)C3CCC(OCCCCCCCCCCCOC(=O)C=C)CC3)cc2)cc1. The maximum atomic E-state index is 12.9. The Bertz CT molecular complexity index is 1460. The molecule has 1 saturated carbocycles. The molecule has 10 heteroatoms. The summed E-state index contributed by atoms with van der Waals surface area (Å²) in [6, 6.07) is 13.5. The molecule has 10 nitrogen and oxygen atoms in total. The van der Waals surface area contributed by atoms with Gasteiger partial charge in [0, 0.05) is 18.8 Å². The van der Waals surface area contributed by atoms with Crippen molar-refractivity contribution in [2.24, 2.45) is 5.92 Å². The number of unbranched alkanes of at least 4 members (excludes halogenated alkanes) is 16. The van der Waals surface area contributed by atoms with Crippen molar-refractivity contribution in [1.82, 2.24) is 0 Å². The van der Waals surface area contributed by atoms with E-state index < -0.39 is 5.97 Å². The summed E-state index contributed by atoms with van der Waals surface area (Å²) in [4.78, 5) is 47.6. The van der Waals surface area contributed by atoms with Crippen molar-refractivity contribution in [3.05, 3.63) is 79.4 Å². The lowest BCUT2D eigenvalue weighted by molar-refractivity contribution is -0.141. The molecule has 0 bridgehead atoms. The van der Waals surface area contributed by atoms with Gasteiger partial charge in [0.15, 0.2) is 0 Å². The van der Waals surface area contributed by atoms with Crippen LogP contribution in [0, 0.1) is 5.92 Å². The minimum atomic E-state index is -0.475. The first-order chi connectivity index (χ1) is 28.4. The quantitative estimate of drug-likeness (QED) is 0.0305. The molecule has 0 radical (unpaired) electrons. The highest BCUT2D eigenvalue weighted by Gasteiger charge is 2.28. The maximum Gasteiger partial charge on any atom is 0.343 e. The molecule has 0 heterocycles. The van der Waals surface area contributed by atoms with E-state index in [1.165, 1.54) is 76.4 Å². The number of ether oxygens (including phenoxy) is 6. The maximum absolute atomic E-state index is 12.9. The van der Waals surface area contributed by atoms with Crippen LogP contribution >= 0.6 is 0 Å². The zero-order chi connectivity index (χ0) is 41.5. The molecule has 1 aliphatic rings. The van der Waals surface area contributed by atoms with E-state index in [1.807, 2.05) is 0 Å². The molecule has 2 aromatic carbocycles. The summed E-state index contributed by atoms with van der Waals surface area (Å²) in [6.07, 6.45) is 26.2. The van der Waals surface area contributed by atoms with Crippen LogP contribution in [0.25, 0.3) is 0 Å². The summed E-state index contributed by atoms with van der Waals surface area (Å²) in [5, 5.41) is 0. The van der Waals surface area contributed by atoms with Crippen LogP contribution in [-0.2, 0) is 28.6 Å². The summed E-state index contributed by atoms with van der Waals surface area (Å²) in [5.74, 6) is -0.0398. The Kier molecular flexibility index (Phi) is 25.3. The van der Waals surface area contributed by atoms with Crippen molar-refractivity contribution in [3.63, 3.8) is 0 Å². The summed E-state index contributed by atoms with van der Waals surface area (Å²) >= 11 is 0. The highest BCUT2D eigenvalue weighted by molar-refractivity contribution is 5.91. The molecule has 0 unspecified atom stereocenters. The van der Waals surface area contributed by atoms with E-state index in [-0.39, 0.29) is 29.9 Å². The highest BCUT2D eigenvalue weighted by atomic mass is 16.5. The van der Waals surface area contributed by atoms with E-state index in [0.29, 0.717) is 42.6 Å². The van der Waals surface area contributed by atoms with Gasteiger partial charge in [-0.25, -0.2) is 14.4 Å². The summed E-state index contributed by atoms with van der Waals surface area (Å²) in [7, 11) is 0. The molecular weight excluding hydrogens is 737 g/mol. The van der Waals surface area contributed by atoms with Crippen LogP contribution in [-0.4, -0.2) is 56.4 Å². The van der Waals surface area contributed by atoms with Crippen LogP contribution in [0.3, 0.4) is 0 Å². The number of carbonyl (C=O) groups excluding carboxylic acids is 4. The minimum absolute atomic E-state index is 0.146. The highest BCUT2D eigenvalue weighted by Crippen LogP contribution is 2.29. The minimum Gasteiger partial charge on any atom is -0.494 e. The van der Waals surface area contributed by atoms with Crippen LogP contribution in [0.1, 0.15) is 152 Å². The predicted molar refractivity (Wildman–Crippen MR) is 226 cm³/mol. The van der Waals surface area contributed by atoms with Crippen LogP contribution in [0.4, 0.5) is 0 Å². The molecule has 0 saturated heterocycles. The third-order valence-corrected chi connectivity index (χ3v) is 10.4. The van der Waals surface area contributed by atoms with Gasteiger partial charge in [-0.05, 0) is 99.9 Å². The molecule has 2 aromatic rings. The van der Waals surface area contributed by atoms with E-state index in [2.05, 4.69) is 13.2 Å². The average molecular weight is 805 g/mol. The summed E-state index contributed by atoms with van der Waals surface area (Å²) in [6.45, 7) is 9.14. The lowest BCUT2D eigenvalue weighted by atomic mass is 9.87. The second-order valence-corrected chi connectivity index (χ2v) is 15.1. The molecule has 1 fully saturated rings. The number of hydrogen-bond acceptors (Lipinski definition) is 10. The van der Waals surface area contributed by atoms with Crippen molar-refractivity contribution in [2.45, 2.75) is 147 Å². The van der Waals surface area contributed by atoms with E-state index in [4.69, 9.17) is 28.4 Å². The number of rotatable bonds is 32. The molecule has 0 aromatic heterocycles. The van der Waals surface area contributed by atoms with Gasteiger partial charge < -0.3 is 28.4 Å². The predicted octanol–water partition coefficient (Wildman–Crippen LogP) is 11.2. The number of benzene rings is 2. The number of hydrogen-bond donors (Lipinski definition) is 0. The summed E-state index contributed by atoms with van der Waals surface area (Å²) in [5.41, 5.74) is 0.418. The topological polar surface area (TPSA) is 124 Å².